The van der Waals surface area contributed by atoms with E-state index < -0.39 is 0 Å². The lowest BCUT2D eigenvalue weighted by atomic mass is 9.92. The highest BCUT2D eigenvalue weighted by molar-refractivity contribution is 6.20. The fourth-order valence-corrected chi connectivity index (χ4v) is 8.14. The van der Waals surface area contributed by atoms with Crippen molar-refractivity contribution in [3.63, 3.8) is 0 Å². The second-order valence-corrected chi connectivity index (χ2v) is 12.2. The first-order chi connectivity index (χ1) is 22.4. The minimum atomic E-state index is 1.17. The maximum atomic E-state index is 2.54. The molecule has 3 nitrogen and oxygen atoms in total. The molecule has 0 saturated heterocycles. The molecule has 0 fully saturated rings. The Kier molecular flexibility index (Phi) is 4.32. The van der Waals surface area contributed by atoms with Crippen LogP contribution < -0.4 is 0 Å². The van der Waals surface area contributed by atoms with Gasteiger partial charge in [-0.05, 0) is 65.0 Å². The molecule has 0 bridgehead atoms. The molecule has 0 unspecified atom stereocenters. The van der Waals surface area contributed by atoms with Crippen molar-refractivity contribution >= 4 is 60.2 Å². The van der Waals surface area contributed by atoms with Gasteiger partial charge in [-0.1, -0.05) is 103 Å². The minimum absolute atomic E-state index is 1.17. The largest absolute Gasteiger partial charge is 0.309 e. The average molecular weight is 572 g/mol. The number of hydrogen-bond acceptors (Lipinski definition) is 0. The third-order valence-corrected chi connectivity index (χ3v) is 9.94. The Labute approximate surface area is 258 Å². The van der Waals surface area contributed by atoms with Gasteiger partial charge in [-0.15, -0.1) is 0 Å². The van der Waals surface area contributed by atoms with E-state index in [1.54, 1.807) is 0 Å². The van der Waals surface area contributed by atoms with Crippen molar-refractivity contribution in [2.24, 2.45) is 0 Å². The van der Waals surface area contributed by atoms with Crippen molar-refractivity contribution in [3.05, 3.63) is 152 Å². The summed E-state index contributed by atoms with van der Waals surface area (Å²) in [7, 11) is 0. The maximum absolute atomic E-state index is 2.54. The highest BCUT2D eigenvalue weighted by Crippen LogP contribution is 2.51. The van der Waals surface area contributed by atoms with Crippen molar-refractivity contribution in [2.45, 2.75) is 0 Å². The third-order valence-electron chi connectivity index (χ3n) is 9.94. The topological polar surface area (TPSA) is 14.3 Å². The van der Waals surface area contributed by atoms with Gasteiger partial charge in [0.05, 0.1) is 33.3 Å². The van der Waals surface area contributed by atoms with Crippen LogP contribution in [0.4, 0.5) is 0 Å². The van der Waals surface area contributed by atoms with E-state index in [0.29, 0.717) is 0 Å². The Morgan fingerprint density at radius 1 is 0.378 bits per heavy atom. The van der Waals surface area contributed by atoms with E-state index in [2.05, 4.69) is 165 Å². The van der Waals surface area contributed by atoms with Gasteiger partial charge in [0.25, 0.3) is 0 Å². The number of rotatable bonds is 1. The van der Waals surface area contributed by atoms with Gasteiger partial charge in [0, 0.05) is 38.4 Å². The lowest BCUT2D eigenvalue weighted by Crippen LogP contribution is -1.96. The first kappa shape index (κ1) is 23.4. The third kappa shape index (κ3) is 2.86. The van der Waals surface area contributed by atoms with Gasteiger partial charge in [0.15, 0.2) is 0 Å². The molecular weight excluding hydrogens is 546 g/mol. The first-order valence-corrected chi connectivity index (χ1v) is 15.5. The highest BCUT2D eigenvalue weighted by atomic mass is 15.1. The number of fused-ring (bicyclic) bond motifs is 16. The van der Waals surface area contributed by atoms with Crippen molar-refractivity contribution in [1.82, 2.24) is 13.5 Å². The van der Waals surface area contributed by atoms with Gasteiger partial charge in [0.2, 0.25) is 0 Å². The molecule has 45 heavy (non-hydrogen) atoms. The summed E-state index contributed by atoms with van der Waals surface area (Å²) in [5.41, 5.74) is 14.8. The van der Waals surface area contributed by atoms with E-state index in [0.717, 1.165) is 0 Å². The predicted molar refractivity (Wildman–Crippen MR) is 188 cm³/mol. The zero-order valence-corrected chi connectivity index (χ0v) is 24.3. The van der Waals surface area contributed by atoms with Crippen LogP contribution >= 0.6 is 0 Å². The summed E-state index contributed by atoms with van der Waals surface area (Å²) in [5.74, 6) is 0. The Hall–Kier alpha value is -6.06. The first-order valence-electron chi connectivity index (χ1n) is 15.5. The van der Waals surface area contributed by atoms with Crippen molar-refractivity contribution < 1.29 is 0 Å². The summed E-state index contributed by atoms with van der Waals surface area (Å²) in [6, 6.07) is 55.7. The van der Waals surface area contributed by atoms with Crippen LogP contribution in [-0.4, -0.2) is 13.5 Å². The number of nitrogens with zero attached hydrogens (tertiary/aromatic N) is 3. The molecular formula is C42H25N3. The molecule has 0 saturated carbocycles. The summed E-state index contributed by atoms with van der Waals surface area (Å²) in [4.78, 5) is 0. The van der Waals surface area contributed by atoms with Gasteiger partial charge >= 0.3 is 0 Å². The van der Waals surface area contributed by atoms with Crippen molar-refractivity contribution in [3.8, 4) is 33.6 Å². The standard InChI is InChI=1S/C42H25N3/c1-2-13-27(14-3-1)43-35-19-9-7-17-30(35)33-24-32-29-16-6-10-20-36(29)45-41-28-15-5-4-12-26(28)22-23-38(41)44-37-21-11-8-18-31(37)40(42(44)45)34(32)25-39(33)43/h1-25H. The van der Waals surface area contributed by atoms with E-state index in [-0.39, 0.29) is 0 Å². The summed E-state index contributed by atoms with van der Waals surface area (Å²) >= 11 is 0. The Morgan fingerprint density at radius 2 is 1.09 bits per heavy atom. The van der Waals surface area contributed by atoms with E-state index >= 15 is 0 Å². The monoisotopic (exact) mass is 571 g/mol. The number of aromatic nitrogens is 3. The molecule has 0 amide bonds. The molecule has 4 heterocycles. The van der Waals surface area contributed by atoms with Crippen LogP contribution in [0.15, 0.2) is 152 Å². The van der Waals surface area contributed by atoms with Gasteiger partial charge in [-0.25, -0.2) is 0 Å². The zero-order chi connectivity index (χ0) is 29.2. The van der Waals surface area contributed by atoms with E-state index in [9.17, 15) is 0 Å². The fourth-order valence-electron chi connectivity index (χ4n) is 8.14. The fraction of sp³-hybridized carbons (Fsp3) is 0. The summed E-state index contributed by atoms with van der Waals surface area (Å²) in [5, 5.41) is 6.32. The van der Waals surface area contributed by atoms with Crippen LogP contribution in [0.3, 0.4) is 0 Å². The zero-order valence-electron chi connectivity index (χ0n) is 24.3. The van der Waals surface area contributed by atoms with Crippen LogP contribution in [0.1, 0.15) is 0 Å². The summed E-state index contributed by atoms with van der Waals surface area (Å²) < 4.78 is 7.46. The molecule has 11 rings (SSSR count). The Morgan fingerprint density at radius 3 is 1.98 bits per heavy atom. The Balaban J connectivity index is 1.42. The lowest BCUT2D eigenvalue weighted by Gasteiger charge is -2.14. The molecule has 0 radical (unpaired) electrons. The minimum Gasteiger partial charge on any atom is -0.309 e. The Bertz CT molecular complexity index is 2860. The van der Waals surface area contributed by atoms with Crippen LogP contribution in [0.25, 0.3) is 93.8 Å². The second kappa shape index (κ2) is 8.31. The maximum Gasteiger partial charge on any atom is 0.131 e. The van der Waals surface area contributed by atoms with Gasteiger partial charge < -0.3 is 4.57 Å². The molecule has 208 valence electrons. The molecule has 0 atom stereocenters. The van der Waals surface area contributed by atoms with Gasteiger partial charge in [-0.3, -0.25) is 8.97 Å². The molecule has 0 spiro atoms. The quantitative estimate of drug-likeness (QED) is 0.186. The second-order valence-electron chi connectivity index (χ2n) is 12.2. The van der Waals surface area contributed by atoms with Gasteiger partial charge in [0.1, 0.15) is 5.65 Å². The van der Waals surface area contributed by atoms with Crippen LogP contribution in [0.5, 0.6) is 0 Å². The van der Waals surface area contributed by atoms with Crippen LogP contribution in [-0.2, 0) is 0 Å². The van der Waals surface area contributed by atoms with Crippen LogP contribution in [0, 0.1) is 0 Å². The predicted octanol–water partition coefficient (Wildman–Crippen LogP) is 10.9. The normalized spacial score (nSPS) is 12.4. The summed E-state index contributed by atoms with van der Waals surface area (Å²) in [6.07, 6.45) is 0. The molecule has 1 aliphatic heterocycles. The van der Waals surface area contributed by atoms with Crippen LogP contribution in [0.2, 0.25) is 0 Å². The lowest BCUT2D eigenvalue weighted by molar-refractivity contribution is 1.16. The molecule has 7 aromatic carbocycles. The van der Waals surface area contributed by atoms with Crippen molar-refractivity contribution in [2.75, 3.05) is 0 Å². The smallest absolute Gasteiger partial charge is 0.131 e. The van der Waals surface area contributed by atoms with Crippen molar-refractivity contribution in [1.29, 1.82) is 0 Å². The number of hydrogen-bond donors (Lipinski definition) is 0. The highest BCUT2D eigenvalue weighted by Gasteiger charge is 2.30. The molecule has 3 heteroatoms. The number of imidazole rings is 1. The number of benzene rings is 7. The molecule has 0 aliphatic carbocycles. The molecule has 0 N–H and O–H groups in total. The van der Waals surface area contributed by atoms with Gasteiger partial charge in [-0.2, -0.15) is 0 Å². The molecule has 10 aromatic rings. The molecule has 1 aliphatic rings. The average Bonchev–Trinajstić information content (AvgIpc) is 3.70. The van der Waals surface area contributed by atoms with E-state index in [4.69, 9.17) is 0 Å². The number of para-hydroxylation sites is 4. The SMILES string of the molecule is c1ccc(-n2c3ccccc3c3cc4c(cc32)-c2c3ccccc3n3c5ccc6ccccc6c5n(c23)-c2ccccc2-4)cc1. The van der Waals surface area contributed by atoms with E-state index in [1.165, 1.54) is 93.8 Å². The van der Waals surface area contributed by atoms with E-state index in [1.807, 2.05) is 0 Å². The molecule has 3 aromatic heterocycles. The summed E-state index contributed by atoms with van der Waals surface area (Å²) in [6.45, 7) is 0.